The van der Waals surface area contributed by atoms with E-state index in [4.69, 9.17) is 4.98 Å². The molecule has 3 nitrogen and oxygen atoms in total. The van der Waals surface area contributed by atoms with Gasteiger partial charge in [0.25, 0.3) is 0 Å². The standard InChI is InChI=1S/C30H32F3NO2/c1-2-3-4-10-22-25-23(17-29(15-7-16-29)18-24(25)35)34-27(19-8-5-6-9-19)26(22)28(36)20-11-13-21(14-12-20)30(31,32)33/h2-4,10-14,19,24,35H,5-9,15-18H2,1H3/t24-/m0/s1. The van der Waals surface area contributed by atoms with Gasteiger partial charge in [-0.3, -0.25) is 9.78 Å². The number of pyridine rings is 1. The summed E-state index contributed by atoms with van der Waals surface area (Å²) in [5.74, 6) is -0.203. The van der Waals surface area contributed by atoms with Crippen molar-refractivity contribution in [2.45, 2.75) is 82.9 Å². The van der Waals surface area contributed by atoms with Gasteiger partial charge in [-0.1, -0.05) is 55.7 Å². The molecule has 1 atom stereocenters. The van der Waals surface area contributed by atoms with Crippen LogP contribution in [0.25, 0.3) is 6.08 Å². The lowest BCUT2D eigenvalue weighted by atomic mass is 9.59. The molecule has 0 bridgehead atoms. The van der Waals surface area contributed by atoms with Gasteiger partial charge in [-0.25, -0.2) is 0 Å². The number of carbonyl (C=O) groups is 1. The van der Waals surface area contributed by atoms with E-state index in [1.807, 2.05) is 31.2 Å². The van der Waals surface area contributed by atoms with Gasteiger partial charge in [0.05, 0.1) is 22.9 Å². The first-order valence-electron chi connectivity index (χ1n) is 13.0. The molecule has 3 aliphatic rings. The molecule has 2 fully saturated rings. The molecule has 3 aliphatic carbocycles. The van der Waals surface area contributed by atoms with Gasteiger partial charge >= 0.3 is 6.18 Å². The number of allylic oxidation sites excluding steroid dienone is 3. The summed E-state index contributed by atoms with van der Waals surface area (Å²) in [4.78, 5) is 19.1. The third kappa shape index (κ3) is 4.56. The monoisotopic (exact) mass is 495 g/mol. The molecule has 1 spiro atoms. The highest BCUT2D eigenvalue weighted by Crippen LogP contribution is 2.54. The molecular formula is C30H32F3NO2. The second-order valence-corrected chi connectivity index (χ2v) is 10.7. The number of aliphatic hydroxyl groups is 1. The van der Waals surface area contributed by atoms with E-state index < -0.39 is 17.8 Å². The number of carbonyl (C=O) groups excluding carboxylic acids is 1. The molecule has 0 unspecified atom stereocenters. The Kier molecular flexibility index (Phi) is 6.67. The number of fused-ring (bicyclic) bond motifs is 1. The van der Waals surface area contributed by atoms with Gasteiger partial charge in [0.15, 0.2) is 5.78 Å². The van der Waals surface area contributed by atoms with Gasteiger partial charge in [-0.05, 0) is 68.6 Å². The Morgan fingerprint density at radius 1 is 1.08 bits per heavy atom. The lowest BCUT2D eigenvalue weighted by molar-refractivity contribution is -0.137. The zero-order valence-electron chi connectivity index (χ0n) is 20.6. The second-order valence-electron chi connectivity index (χ2n) is 10.7. The van der Waals surface area contributed by atoms with Crippen LogP contribution in [0.3, 0.4) is 0 Å². The van der Waals surface area contributed by atoms with E-state index >= 15 is 0 Å². The minimum atomic E-state index is -4.47. The quantitative estimate of drug-likeness (QED) is 0.341. The smallest absolute Gasteiger partial charge is 0.388 e. The fourth-order valence-electron chi connectivity index (χ4n) is 6.32. The van der Waals surface area contributed by atoms with Crippen LogP contribution in [0, 0.1) is 5.41 Å². The highest BCUT2D eigenvalue weighted by molar-refractivity contribution is 6.12. The maximum atomic E-state index is 14.0. The van der Waals surface area contributed by atoms with Crippen molar-refractivity contribution in [3.8, 4) is 0 Å². The zero-order valence-corrected chi connectivity index (χ0v) is 20.6. The number of halogens is 3. The number of hydrogen-bond donors (Lipinski definition) is 1. The van der Waals surface area contributed by atoms with Crippen molar-refractivity contribution < 1.29 is 23.1 Å². The van der Waals surface area contributed by atoms with Crippen molar-refractivity contribution in [2.24, 2.45) is 5.41 Å². The summed E-state index contributed by atoms with van der Waals surface area (Å²) in [6.45, 7) is 1.90. The van der Waals surface area contributed by atoms with E-state index in [0.29, 0.717) is 23.1 Å². The number of rotatable bonds is 5. The highest BCUT2D eigenvalue weighted by atomic mass is 19.4. The molecule has 0 saturated heterocycles. The molecule has 6 heteroatoms. The lowest BCUT2D eigenvalue weighted by Gasteiger charge is -2.47. The van der Waals surface area contributed by atoms with Gasteiger partial charge in [-0.15, -0.1) is 0 Å². The number of nitrogens with zero attached hydrogens (tertiary/aromatic N) is 1. The molecule has 1 heterocycles. The fraction of sp³-hybridized carbons (Fsp3) is 0.467. The average molecular weight is 496 g/mol. The molecule has 1 aromatic heterocycles. The van der Waals surface area contributed by atoms with Crippen molar-refractivity contribution in [3.63, 3.8) is 0 Å². The minimum absolute atomic E-state index is 0.0929. The predicted octanol–water partition coefficient (Wildman–Crippen LogP) is 7.73. The summed E-state index contributed by atoms with van der Waals surface area (Å²) in [5.41, 5.74) is 2.97. The Labute approximate surface area is 210 Å². The number of aromatic nitrogens is 1. The Balaban J connectivity index is 1.69. The average Bonchev–Trinajstić information content (AvgIpc) is 3.36. The Hall–Kier alpha value is -2.73. The second kappa shape index (κ2) is 9.62. The van der Waals surface area contributed by atoms with E-state index in [1.165, 1.54) is 12.1 Å². The van der Waals surface area contributed by atoms with E-state index in [9.17, 15) is 23.1 Å². The summed E-state index contributed by atoms with van der Waals surface area (Å²) < 4.78 is 39.4. The van der Waals surface area contributed by atoms with Gasteiger partial charge in [0, 0.05) is 22.7 Å². The Morgan fingerprint density at radius 2 is 1.78 bits per heavy atom. The molecule has 0 radical (unpaired) electrons. The normalized spacial score (nSPS) is 21.9. The third-order valence-corrected chi connectivity index (χ3v) is 8.31. The lowest BCUT2D eigenvalue weighted by Crippen LogP contribution is -2.38. The van der Waals surface area contributed by atoms with Crippen LogP contribution >= 0.6 is 0 Å². The SMILES string of the molecule is CC=CC=Cc1c(C(=O)c2ccc(C(F)(F)F)cc2)c(C2CCCC2)nc2c1[C@@H](O)CC1(CCC1)C2. The summed E-state index contributed by atoms with van der Waals surface area (Å²) >= 11 is 0. The molecule has 190 valence electrons. The molecular weight excluding hydrogens is 463 g/mol. The molecule has 2 saturated carbocycles. The van der Waals surface area contributed by atoms with Crippen LogP contribution < -0.4 is 0 Å². The van der Waals surface area contributed by atoms with E-state index in [0.717, 1.165) is 74.9 Å². The highest BCUT2D eigenvalue weighted by Gasteiger charge is 2.45. The largest absolute Gasteiger partial charge is 0.416 e. The molecule has 5 rings (SSSR count). The molecule has 1 N–H and O–H groups in total. The summed E-state index contributed by atoms with van der Waals surface area (Å²) in [5, 5.41) is 11.3. The fourth-order valence-corrected chi connectivity index (χ4v) is 6.32. The summed E-state index contributed by atoms with van der Waals surface area (Å²) in [7, 11) is 0. The number of aliphatic hydroxyl groups excluding tert-OH is 1. The number of alkyl halides is 3. The molecule has 2 aromatic rings. The van der Waals surface area contributed by atoms with Crippen LogP contribution in [0.5, 0.6) is 0 Å². The van der Waals surface area contributed by atoms with Crippen molar-refractivity contribution in [3.05, 3.63) is 81.7 Å². The van der Waals surface area contributed by atoms with Crippen LogP contribution in [0.4, 0.5) is 13.2 Å². The topological polar surface area (TPSA) is 50.2 Å². The molecule has 36 heavy (non-hydrogen) atoms. The van der Waals surface area contributed by atoms with Crippen LogP contribution in [-0.4, -0.2) is 15.9 Å². The first kappa shape index (κ1) is 24.9. The first-order chi connectivity index (χ1) is 17.2. The first-order valence-corrected chi connectivity index (χ1v) is 13.0. The Morgan fingerprint density at radius 3 is 2.36 bits per heavy atom. The third-order valence-electron chi connectivity index (χ3n) is 8.31. The summed E-state index contributed by atoms with van der Waals surface area (Å²) in [6.07, 6.45) is 11.1. The number of hydrogen-bond acceptors (Lipinski definition) is 3. The Bertz CT molecular complexity index is 1200. The van der Waals surface area contributed by atoms with Gasteiger partial charge < -0.3 is 5.11 Å². The van der Waals surface area contributed by atoms with Crippen LogP contribution in [-0.2, 0) is 12.6 Å². The van der Waals surface area contributed by atoms with Crippen molar-refractivity contribution in [2.75, 3.05) is 0 Å². The molecule has 0 aliphatic heterocycles. The van der Waals surface area contributed by atoms with E-state index in [-0.39, 0.29) is 22.7 Å². The minimum Gasteiger partial charge on any atom is -0.388 e. The maximum absolute atomic E-state index is 14.0. The van der Waals surface area contributed by atoms with E-state index in [2.05, 4.69) is 0 Å². The van der Waals surface area contributed by atoms with Gasteiger partial charge in [0.1, 0.15) is 0 Å². The molecule has 1 aromatic carbocycles. The van der Waals surface area contributed by atoms with Gasteiger partial charge in [-0.2, -0.15) is 13.2 Å². The molecule has 0 amide bonds. The zero-order chi connectivity index (χ0) is 25.5. The van der Waals surface area contributed by atoms with Crippen molar-refractivity contribution >= 4 is 11.9 Å². The predicted molar refractivity (Wildman–Crippen MR) is 134 cm³/mol. The summed E-state index contributed by atoms with van der Waals surface area (Å²) in [6, 6.07) is 4.42. The maximum Gasteiger partial charge on any atom is 0.416 e. The number of benzene rings is 1. The number of ketones is 1. The van der Waals surface area contributed by atoms with E-state index in [1.54, 1.807) is 0 Å². The van der Waals surface area contributed by atoms with Gasteiger partial charge in [0.2, 0.25) is 0 Å². The van der Waals surface area contributed by atoms with Crippen LogP contribution in [0.2, 0.25) is 0 Å². The van der Waals surface area contributed by atoms with Crippen LogP contribution in [0.15, 0.2) is 42.5 Å². The van der Waals surface area contributed by atoms with Crippen molar-refractivity contribution in [1.29, 1.82) is 0 Å². The van der Waals surface area contributed by atoms with Crippen LogP contribution in [0.1, 0.15) is 114 Å². The van der Waals surface area contributed by atoms with Crippen molar-refractivity contribution in [1.82, 2.24) is 4.98 Å².